The van der Waals surface area contributed by atoms with Crippen LogP contribution in [0.1, 0.15) is 12.0 Å². The van der Waals surface area contributed by atoms with Gasteiger partial charge in [0.25, 0.3) is 0 Å². The Bertz CT molecular complexity index is 642. The standard InChI is InChI=1S/C16H16N2O2/c1-18-14(19)10-16(8-6-11(17)7-9-16)12-4-3-5-13(20-2)15(12)18/h3-9,17H,10H2,1-2H3. The average Bonchev–Trinajstić information content (AvgIpc) is 2.47. The molecule has 102 valence electrons. The number of allylic oxidation sites excluding steroid dienone is 4. The molecule has 0 atom stereocenters. The maximum atomic E-state index is 12.3. The Kier molecular flexibility index (Phi) is 2.74. The molecule has 1 amide bonds. The summed E-state index contributed by atoms with van der Waals surface area (Å²) in [5.41, 5.74) is 1.84. The van der Waals surface area contributed by atoms with E-state index in [1.807, 2.05) is 30.4 Å². The van der Waals surface area contributed by atoms with E-state index in [1.54, 1.807) is 31.2 Å². The fraction of sp³-hybridized carbons (Fsp3) is 0.250. The maximum Gasteiger partial charge on any atom is 0.228 e. The zero-order valence-corrected chi connectivity index (χ0v) is 11.5. The van der Waals surface area contributed by atoms with E-state index in [0.29, 0.717) is 17.9 Å². The molecule has 1 aliphatic carbocycles. The van der Waals surface area contributed by atoms with Gasteiger partial charge in [-0.3, -0.25) is 4.79 Å². The number of anilines is 1. The highest BCUT2D eigenvalue weighted by Crippen LogP contribution is 2.47. The number of para-hydroxylation sites is 1. The van der Waals surface area contributed by atoms with Crippen LogP contribution in [0.2, 0.25) is 0 Å². The second kappa shape index (κ2) is 4.34. The minimum absolute atomic E-state index is 0.0460. The van der Waals surface area contributed by atoms with Crippen LogP contribution in [0.15, 0.2) is 42.5 Å². The van der Waals surface area contributed by atoms with Crippen LogP contribution < -0.4 is 9.64 Å². The molecule has 1 aliphatic heterocycles. The van der Waals surface area contributed by atoms with Crippen molar-refractivity contribution in [1.82, 2.24) is 0 Å². The number of nitrogens with zero attached hydrogens (tertiary/aromatic N) is 1. The van der Waals surface area contributed by atoms with E-state index < -0.39 is 5.41 Å². The van der Waals surface area contributed by atoms with Gasteiger partial charge >= 0.3 is 0 Å². The second-order valence-electron chi connectivity index (χ2n) is 5.15. The third kappa shape index (κ3) is 1.68. The van der Waals surface area contributed by atoms with Gasteiger partial charge in [0.2, 0.25) is 5.91 Å². The largest absolute Gasteiger partial charge is 0.495 e. The van der Waals surface area contributed by atoms with E-state index in [0.717, 1.165) is 11.3 Å². The van der Waals surface area contributed by atoms with E-state index in [-0.39, 0.29) is 5.91 Å². The Morgan fingerprint density at radius 1 is 1.30 bits per heavy atom. The number of rotatable bonds is 1. The first-order chi connectivity index (χ1) is 9.57. The van der Waals surface area contributed by atoms with Crippen molar-refractivity contribution in [3.63, 3.8) is 0 Å². The zero-order valence-electron chi connectivity index (χ0n) is 11.5. The highest BCUT2D eigenvalue weighted by molar-refractivity contribution is 6.05. The van der Waals surface area contributed by atoms with Crippen molar-refractivity contribution in [2.75, 3.05) is 19.1 Å². The molecule has 0 saturated carbocycles. The van der Waals surface area contributed by atoms with Gasteiger partial charge < -0.3 is 15.0 Å². The molecule has 1 heterocycles. The lowest BCUT2D eigenvalue weighted by molar-refractivity contribution is -0.119. The van der Waals surface area contributed by atoms with E-state index in [2.05, 4.69) is 0 Å². The Morgan fingerprint density at radius 2 is 2.00 bits per heavy atom. The summed E-state index contributed by atoms with van der Waals surface area (Å²) in [4.78, 5) is 14.0. The number of methoxy groups -OCH3 is 1. The number of carbonyl (C=O) groups is 1. The Morgan fingerprint density at radius 3 is 2.65 bits per heavy atom. The highest BCUT2D eigenvalue weighted by Gasteiger charge is 2.41. The molecule has 1 aromatic rings. The summed E-state index contributed by atoms with van der Waals surface area (Å²) in [6.45, 7) is 0. The molecule has 20 heavy (non-hydrogen) atoms. The molecule has 3 rings (SSSR count). The summed E-state index contributed by atoms with van der Waals surface area (Å²) in [6.07, 6.45) is 7.77. The zero-order chi connectivity index (χ0) is 14.3. The quantitative estimate of drug-likeness (QED) is 0.850. The topological polar surface area (TPSA) is 53.4 Å². The monoisotopic (exact) mass is 268 g/mol. The molecule has 0 bridgehead atoms. The SMILES string of the molecule is COc1cccc2c1N(C)C(=O)CC21C=CC(=N)C=C1. The maximum absolute atomic E-state index is 12.3. The molecule has 4 nitrogen and oxygen atoms in total. The van der Waals surface area contributed by atoms with Gasteiger partial charge in [0, 0.05) is 18.9 Å². The molecular formula is C16H16N2O2. The van der Waals surface area contributed by atoms with Crippen LogP contribution in [0.3, 0.4) is 0 Å². The van der Waals surface area contributed by atoms with Crippen molar-refractivity contribution < 1.29 is 9.53 Å². The molecule has 0 saturated heterocycles. The van der Waals surface area contributed by atoms with Crippen molar-refractivity contribution >= 4 is 17.3 Å². The number of benzene rings is 1. The predicted octanol–water partition coefficient (Wildman–Crippen LogP) is 2.45. The molecular weight excluding hydrogens is 252 g/mol. The van der Waals surface area contributed by atoms with Gasteiger partial charge in [-0.15, -0.1) is 0 Å². The molecule has 1 aromatic carbocycles. The molecule has 2 aliphatic rings. The van der Waals surface area contributed by atoms with E-state index in [1.165, 1.54) is 0 Å². The summed E-state index contributed by atoms with van der Waals surface area (Å²) in [6, 6.07) is 5.81. The van der Waals surface area contributed by atoms with Crippen molar-refractivity contribution in [1.29, 1.82) is 5.41 Å². The van der Waals surface area contributed by atoms with Gasteiger partial charge in [-0.25, -0.2) is 0 Å². The molecule has 4 heteroatoms. The summed E-state index contributed by atoms with van der Waals surface area (Å²) >= 11 is 0. The van der Waals surface area contributed by atoms with Crippen LogP contribution in [0, 0.1) is 5.41 Å². The van der Waals surface area contributed by atoms with Gasteiger partial charge in [-0.1, -0.05) is 24.3 Å². The van der Waals surface area contributed by atoms with Crippen LogP contribution in [0.25, 0.3) is 0 Å². The number of hydrogen-bond acceptors (Lipinski definition) is 3. The summed E-state index contributed by atoms with van der Waals surface area (Å²) in [5, 5.41) is 7.65. The van der Waals surface area contributed by atoms with Gasteiger partial charge in [-0.05, 0) is 23.8 Å². The first-order valence-electron chi connectivity index (χ1n) is 6.48. The minimum Gasteiger partial charge on any atom is -0.495 e. The van der Waals surface area contributed by atoms with E-state index >= 15 is 0 Å². The van der Waals surface area contributed by atoms with Gasteiger partial charge in [0.15, 0.2) is 0 Å². The van der Waals surface area contributed by atoms with Gasteiger partial charge in [-0.2, -0.15) is 0 Å². The van der Waals surface area contributed by atoms with Crippen LogP contribution in [0.5, 0.6) is 5.75 Å². The van der Waals surface area contributed by atoms with Crippen molar-refractivity contribution in [2.45, 2.75) is 11.8 Å². The number of fused-ring (bicyclic) bond motifs is 2. The summed E-state index contributed by atoms with van der Waals surface area (Å²) in [5.74, 6) is 0.740. The first kappa shape index (κ1) is 12.7. The van der Waals surface area contributed by atoms with Crippen LogP contribution in [-0.2, 0) is 10.2 Å². The number of nitrogens with one attached hydrogen (secondary N) is 1. The van der Waals surface area contributed by atoms with Gasteiger partial charge in [0.05, 0.1) is 18.5 Å². The fourth-order valence-corrected chi connectivity index (χ4v) is 2.88. The summed E-state index contributed by atoms with van der Waals surface area (Å²) in [7, 11) is 3.38. The number of amides is 1. The highest BCUT2D eigenvalue weighted by atomic mass is 16.5. The Hall–Kier alpha value is -2.36. The molecule has 0 aromatic heterocycles. The normalized spacial score (nSPS) is 24.2. The minimum atomic E-state index is -0.460. The van der Waals surface area contributed by atoms with Gasteiger partial charge in [0.1, 0.15) is 5.75 Å². The Labute approximate surface area is 117 Å². The van der Waals surface area contributed by atoms with Crippen molar-refractivity contribution in [2.24, 2.45) is 0 Å². The third-order valence-corrected chi connectivity index (χ3v) is 3.99. The lowest BCUT2D eigenvalue weighted by Gasteiger charge is -2.39. The lowest BCUT2D eigenvalue weighted by atomic mass is 9.71. The predicted molar refractivity (Wildman–Crippen MR) is 78.7 cm³/mol. The summed E-state index contributed by atoms with van der Waals surface area (Å²) < 4.78 is 5.40. The molecule has 0 unspecified atom stereocenters. The smallest absolute Gasteiger partial charge is 0.228 e. The average molecular weight is 268 g/mol. The number of ether oxygens (including phenoxy) is 1. The first-order valence-corrected chi connectivity index (χ1v) is 6.48. The van der Waals surface area contributed by atoms with Crippen molar-refractivity contribution in [3.05, 3.63) is 48.1 Å². The number of carbonyl (C=O) groups excluding carboxylic acids is 1. The molecule has 1 N–H and O–H groups in total. The molecule has 0 radical (unpaired) electrons. The van der Waals surface area contributed by atoms with Crippen LogP contribution in [-0.4, -0.2) is 25.8 Å². The van der Waals surface area contributed by atoms with E-state index in [4.69, 9.17) is 10.1 Å². The van der Waals surface area contributed by atoms with Crippen LogP contribution in [0.4, 0.5) is 5.69 Å². The van der Waals surface area contributed by atoms with Crippen molar-refractivity contribution in [3.8, 4) is 5.75 Å². The lowest BCUT2D eigenvalue weighted by Crippen LogP contribution is -2.41. The fourth-order valence-electron chi connectivity index (χ4n) is 2.88. The van der Waals surface area contributed by atoms with E-state index in [9.17, 15) is 4.79 Å². The molecule has 1 spiro atoms. The van der Waals surface area contributed by atoms with Crippen LogP contribution >= 0.6 is 0 Å². The Balaban J connectivity index is 2.26. The molecule has 0 fully saturated rings. The third-order valence-electron chi connectivity index (χ3n) is 3.99. The number of hydrogen-bond donors (Lipinski definition) is 1. The second-order valence-corrected chi connectivity index (χ2v) is 5.15.